The number of nitrogens with one attached hydrogen (secondary N) is 1. The number of allylic oxidation sites excluding steroid dienone is 2. The molecule has 3 aromatic carbocycles. The standard InChI is InChI=1S/C27H27N/c1-3-19-27(21(2)28-20-11-14-22-12-5-4-6-13-22)25-17-9-7-15-23(25)24-16-8-10-18-26(24)27/h3-10,12-13,15-18,28H,1-2,11,14,19-20H2. The molecule has 3 aromatic rings. The highest BCUT2D eigenvalue weighted by Crippen LogP contribution is 2.53. The summed E-state index contributed by atoms with van der Waals surface area (Å²) in [7, 11) is 0. The maximum absolute atomic E-state index is 4.51. The number of benzene rings is 3. The van der Waals surface area contributed by atoms with E-state index >= 15 is 0 Å². The summed E-state index contributed by atoms with van der Waals surface area (Å²) in [6, 6.07) is 28.1. The van der Waals surface area contributed by atoms with Gasteiger partial charge in [0.05, 0.1) is 5.41 Å². The fraction of sp³-hybridized carbons (Fsp3) is 0.185. The van der Waals surface area contributed by atoms with E-state index in [0.717, 1.165) is 31.5 Å². The van der Waals surface area contributed by atoms with Gasteiger partial charge in [-0.2, -0.15) is 0 Å². The molecule has 0 atom stereocenters. The van der Waals surface area contributed by atoms with E-state index < -0.39 is 0 Å². The number of hydrogen-bond acceptors (Lipinski definition) is 1. The molecule has 0 fully saturated rings. The van der Waals surface area contributed by atoms with E-state index in [9.17, 15) is 0 Å². The minimum Gasteiger partial charge on any atom is -0.388 e. The Labute approximate surface area is 168 Å². The molecule has 1 aliphatic rings. The average Bonchev–Trinajstić information content (AvgIpc) is 3.03. The Morgan fingerprint density at radius 3 is 2.00 bits per heavy atom. The van der Waals surface area contributed by atoms with Gasteiger partial charge in [0.2, 0.25) is 0 Å². The minimum atomic E-state index is -0.248. The van der Waals surface area contributed by atoms with Crippen LogP contribution in [-0.2, 0) is 11.8 Å². The van der Waals surface area contributed by atoms with Gasteiger partial charge < -0.3 is 5.32 Å². The lowest BCUT2D eigenvalue weighted by Crippen LogP contribution is -2.35. The van der Waals surface area contributed by atoms with Gasteiger partial charge in [-0.1, -0.05) is 91.5 Å². The van der Waals surface area contributed by atoms with Crippen LogP contribution in [0.15, 0.2) is 104 Å². The van der Waals surface area contributed by atoms with Crippen LogP contribution in [0.4, 0.5) is 0 Å². The first-order chi connectivity index (χ1) is 13.8. The van der Waals surface area contributed by atoms with Gasteiger partial charge in [0, 0.05) is 12.2 Å². The van der Waals surface area contributed by atoms with Crippen LogP contribution in [-0.4, -0.2) is 6.54 Å². The van der Waals surface area contributed by atoms with Crippen molar-refractivity contribution in [3.05, 3.63) is 120 Å². The third-order valence-corrected chi connectivity index (χ3v) is 5.85. The Morgan fingerprint density at radius 1 is 0.821 bits per heavy atom. The zero-order valence-electron chi connectivity index (χ0n) is 16.3. The van der Waals surface area contributed by atoms with E-state index in [1.54, 1.807) is 0 Å². The zero-order chi connectivity index (χ0) is 19.4. The van der Waals surface area contributed by atoms with Crippen molar-refractivity contribution in [2.24, 2.45) is 0 Å². The Kier molecular flexibility index (Phi) is 5.16. The van der Waals surface area contributed by atoms with Crippen LogP contribution in [0.5, 0.6) is 0 Å². The van der Waals surface area contributed by atoms with Crippen molar-refractivity contribution in [3.8, 4) is 11.1 Å². The molecule has 1 N–H and O–H groups in total. The zero-order valence-corrected chi connectivity index (χ0v) is 16.3. The van der Waals surface area contributed by atoms with E-state index in [-0.39, 0.29) is 5.41 Å². The molecule has 0 saturated carbocycles. The van der Waals surface area contributed by atoms with Crippen LogP contribution < -0.4 is 5.32 Å². The quantitative estimate of drug-likeness (QED) is 0.367. The van der Waals surface area contributed by atoms with Crippen molar-refractivity contribution < 1.29 is 0 Å². The molecule has 0 aromatic heterocycles. The first kappa shape index (κ1) is 18.3. The summed E-state index contributed by atoms with van der Waals surface area (Å²) in [5, 5.41) is 3.66. The van der Waals surface area contributed by atoms with Gasteiger partial charge in [0.1, 0.15) is 0 Å². The maximum Gasteiger partial charge on any atom is 0.0638 e. The molecule has 0 saturated heterocycles. The molecule has 28 heavy (non-hydrogen) atoms. The summed E-state index contributed by atoms with van der Waals surface area (Å²) in [5.41, 5.74) is 7.49. The van der Waals surface area contributed by atoms with Crippen LogP contribution >= 0.6 is 0 Å². The van der Waals surface area contributed by atoms with Crippen LogP contribution in [0.2, 0.25) is 0 Å². The average molecular weight is 366 g/mol. The van der Waals surface area contributed by atoms with E-state index in [2.05, 4.69) is 97.3 Å². The van der Waals surface area contributed by atoms with Crippen molar-refractivity contribution in [3.63, 3.8) is 0 Å². The van der Waals surface area contributed by atoms with Crippen molar-refractivity contribution in [2.75, 3.05) is 6.54 Å². The third kappa shape index (κ3) is 3.07. The number of rotatable bonds is 8. The Bertz CT molecular complexity index is 938. The highest BCUT2D eigenvalue weighted by Gasteiger charge is 2.44. The van der Waals surface area contributed by atoms with Gasteiger partial charge in [-0.05, 0) is 47.1 Å². The molecule has 1 nitrogen and oxygen atoms in total. The second kappa shape index (κ2) is 7.90. The van der Waals surface area contributed by atoms with Crippen LogP contribution in [0.1, 0.15) is 29.5 Å². The van der Waals surface area contributed by atoms with Crippen LogP contribution in [0, 0.1) is 0 Å². The van der Waals surface area contributed by atoms with E-state index in [1.165, 1.54) is 27.8 Å². The molecule has 0 spiro atoms. The van der Waals surface area contributed by atoms with Crippen molar-refractivity contribution in [1.82, 2.24) is 5.32 Å². The largest absolute Gasteiger partial charge is 0.388 e. The lowest BCUT2D eigenvalue weighted by atomic mass is 9.73. The maximum atomic E-state index is 4.51. The van der Waals surface area contributed by atoms with Crippen molar-refractivity contribution >= 4 is 0 Å². The summed E-state index contributed by atoms with van der Waals surface area (Å²) in [5.74, 6) is 0. The topological polar surface area (TPSA) is 12.0 Å². The van der Waals surface area contributed by atoms with Crippen LogP contribution in [0.3, 0.4) is 0 Å². The van der Waals surface area contributed by atoms with E-state index in [1.807, 2.05) is 6.08 Å². The molecule has 0 amide bonds. The summed E-state index contributed by atoms with van der Waals surface area (Å²) in [6.07, 6.45) is 5.01. The first-order valence-corrected chi connectivity index (χ1v) is 10.0. The lowest BCUT2D eigenvalue weighted by molar-refractivity contribution is 0.560. The van der Waals surface area contributed by atoms with Gasteiger partial charge >= 0.3 is 0 Å². The predicted octanol–water partition coefficient (Wildman–Crippen LogP) is 6.27. The predicted molar refractivity (Wildman–Crippen MR) is 119 cm³/mol. The van der Waals surface area contributed by atoms with Gasteiger partial charge in [-0.3, -0.25) is 0 Å². The molecule has 0 aliphatic heterocycles. The monoisotopic (exact) mass is 365 g/mol. The van der Waals surface area contributed by atoms with Crippen molar-refractivity contribution in [1.29, 1.82) is 0 Å². The molecule has 140 valence electrons. The highest BCUT2D eigenvalue weighted by molar-refractivity contribution is 5.83. The van der Waals surface area contributed by atoms with E-state index in [0.29, 0.717) is 0 Å². The minimum absolute atomic E-state index is 0.248. The Morgan fingerprint density at radius 2 is 1.39 bits per heavy atom. The summed E-state index contributed by atoms with van der Waals surface area (Å²) >= 11 is 0. The van der Waals surface area contributed by atoms with E-state index in [4.69, 9.17) is 0 Å². The number of aryl methyl sites for hydroxylation is 1. The fourth-order valence-corrected chi connectivity index (χ4v) is 4.54. The number of hydrogen-bond donors (Lipinski definition) is 1. The number of fused-ring (bicyclic) bond motifs is 3. The smallest absolute Gasteiger partial charge is 0.0638 e. The lowest BCUT2D eigenvalue weighted by Gasteiger charge is -2.34. The molecular formula is C27H27N. The summed E-state index contributed by atoms with van der Waals surface area (Å²) in [6.45, 7) is 9.49. The second-order valence-electron chi connectivity index (χ2n) is 7.48. The molecule has 0 unspecified atom stereocenters. The van der Waals surface area contributed by atoms with Gasteiger partial charge in [-0.25, -0.2) is 0 Å². The molecule has 0 radical (unpaired) electrons. The second-order valence-corrected chi connectivity index (χ2v) is 7.48. The third-order valence-electron chi connectivity index (χ3n) is 5.85. The van der Waals surface area contributed by atoms with Gasteiger partial charge in [0.15, 0.2) is 0 Å². The first-order valence-electron chi connectivity index (χ1n) is 10.0. The molecule has 1 aliphatic carbocycles. The molecule has 1 heteroatoms. The molecule has 0 heterocycles. The molecule has 4 rings (SSSR count). The Hall–Kier alpha value is -3.06. The normalized spacial score (nSPS) is 13.4. The molecule has 0 bridgehead atoms. The fourth-order valence-electron chi connectivity index (χ4n) is 4.54. The van der Waals surface area contributed by atoms with Crippen LogP contribution in [0.25, 0.3) is 11.1 Å². The highest BCUT2D eigenvalue weighted by atomic mass is 14.9. The van der Waals surface area contributed by atoms with Gasteiger partial charge in [-0.15, -0.1) is 6.58 Å². The van der Waals surface area contributed by atoms with Crippen molar-refractivity contribution in [2.45, 2.75) is 24.7 Å². The summed E-state index contributed by atoms with van der Waals surface area (Å²) in [4.78, 5) is 0. The van der Waals surface area contributed by atoms with Gasteiger partial charge in [0.25, 0.3) is 0 Å². The SMILES string of the molecule is C=CCC1(C(=C)NCCCc2ccccc2)c2ccccc2-c2ccccc21. The summed E-state index contributed by atoms with van der Waals surface area (Å²) < 4.78 is 0. The Balaban J connectivity index is 1.59. The molecular weight excluding hydrogens is 338 g/mol.